The van der Waals surface area contributed by atoms with E-state index >= 15 is 0 Å². The van der Waals surface area contributed by atoms with Crippen molar-refractivity contribution < 1.29 is 19.1 Å². The molecule has 0 aromatic carbocycles. The van der Waals surface area contributed by atoms with Gasteiger partial charge in [-0.3, -0.25) is 0 Å². The van der Waals surface area contributed by atoms with Crippen LogP contribution in [-0.4, -0.2) is 11.9 Å². The summed E-state index contributed by atoms with van der Waals surface area (Å²) in [5.74, 6) is -0.606. The van der Waals surface area contributed by atoms with E-state index in [1.807, 2.05) is 0 Å². The first kappa shape index (κ1) is 8.52. The minimum atomic E-state index is -0.534. The third kappa shape index (κ3) is 2.23. The summed E-state index contributed by atoms with van der Waals surface area (Å²) in [7, 11) is 0. The van der Waals surface area contributed by atoms with Gasteiger partial charge >= 0.3 is 11.9 Å². The standard InChI is InChI=1S/C8H8O4/c1-5-3-7(9)12-6(2)4-8(10)11-5/h3-4H,1-2H3/b5-3-,6-4-. The SMILES string of the molecule is C/C1=C/C(=O)O/C(C)=C\C(=O)O1. The van der Waals surface area contributed by atoms with Crippen LogP contribution in [0.1, 0.15) is 13.8 Å². The van der Waals surface area contributed by atoms with Gasteiger partial charge in [-0.15, -0.1) is 0 Å². The number of esters is 2. The fourth-order valence-corrected chi connectivity index (χ4v) is 0.767. The molecule has 0 bridgehead atoms. The van der Waals surface area contributed by atoms with Crippen LogP contribution in [0.25, 0.3) is 0 Å². The van der Waals surface area contributed by atoms with E-state index in [9.17, 15) is 9.59 Å². The Balaban J connectivity index is 2.87. The molecule has 0 aromatic heterocycles. The zero-order valence-electron chi connectivity index (χ0n) is 6.79. The molecular weight excluding hydrogens is 160 g/mol. The molecule has 4 heteroatoms. The third-order valence-electron chi connectivity index (χ3n) is 1.17. The minimum absolute atomic E-state index is 0.230. The van der Waals surface area contributed by atoms with Crippen molar-refractivity contribution in [3.63, 3.8) is 0 Å². The third-order valence-corrected chi connectivity index (χ3v) is 1.17. The number of carbonyl (C=O) groups is 2. The largest absolute Gasteiger partial charge is 0.428 e. The van der Waals surface area contributed by atoms with Crippen LogP contribution in [0.3, 0.4) is 0 Å². The molecule has 1 rings (SSSR count). The van der Waals surface area contributed by atoms with Gasteiger partial charge in [-0.05, 0) is 13.8 Å². The predicted octanol–water partition coefficient (Wildman–Crippen LogP) is 0.894. The zero-order chi connectivity index (χ0) is 9.14. The van der Waals surface area contributed by atoms with Crippen molar-refractivity contribution in [1.82, 2.24) is 0 Å². The van der Waals surface area contributed by atoms with E-state index in [1.54, 1.807) is 0 Å². The lowest BCUT2D eigenvalue weighted by Crippen LogP contribution is -2.09. The molecule has 0 aromatic rings. The molecule has 0 radical (unpaired) electrons. The fraction of sp³-hybridized carbons (Fsp3) is 0.250. The highest BCUT2D eigenvalue weighted by Crippen LogP contribution is 2.06. The smallest absolute Gasteiger partial charge is 0.339 e. The lowest BCUT2D eigenvalue weighted by Gasteiger charge is -2.06. The number of allylic oxidation sites excluding steroid dienone is 2. The van der Waals surface area contributed by atoms with Gasteiger partial charge < -0.3 is 9.47 Å². The molecule has 0 N–H and O–H groups in total. The van der Waals surface area contributed by atoms with Crippen molar-refractivity contribution in [3.8, 4) is 0 Å². The molecule has 0 atom stereocenters. The van der Waals surface area contributed by atoms with E-state index in [4.69, 9.17) is 0 Å². The fourth-order valence-electron chi connectivity index (χ4n) is 0.767. The maximum absolute atomic E-state index is 10.8. The number of hydrogen-bond donors (Lipinski definition) is 0. The molecule has 12 heavy (non-hydrogen) atoms. The van der Waals surface area contributed by atoms with Gasteiger partial charge in [0.25, 0.3) is 0 Å². The summed E-state index contributed by atoms with van der Waals surface area (Å²) < 4.78 is 9.35. The Morgan fingerprint density at radius 1 is 0.917 bits per heavy atom. The second kappa shape index (κ2) is 3.21. The van der Waals surface area contributed by atoms with E-state index in [0.717, 1.165) is 12.2 Å². The van der Waals surface area contributed by atoms with Gasteiger partial charge in [0.1, 0.15) is 11.5 Å². The molecule has 0 fully saturated rings. The Labute approximate surface area is 69.5 Å². The zero-order valence-corrected chi connectivity index (χ0v) is 6.79. The lowest BCUT2D eigenvalue weighted by molar-refractivity contribution is -0.137. The number of hydrogen-bond acceptors (Lipinski definition) is 4. The Hall–Kier alpha value is -1.58. The first-order valence-corrected chi connectivity index (χ1v) is 3.38. The summed E-state index contributed by atoms with van der Waals surface area (Å²) >= 11 is 0. The van der Waals surface area contributed by atoms with Crippen LogP contribution in [0, 0.1) is 0 Å². The number of rotatable bonds is 0. The van der Waals surface area contributed by atoms with Crippen LogP contribution in [0.4, 0.5) is 0 Å². The molecule has 0 aliphatic carbocycles. The van der Waals surface area contributed by atoms with Crippen molar-refractivity contribution >= 4 is 11.9 Å². The summed E-state index contributed by atoms with van der Waals surface area (Å²) in [5.41, 5.74) is 0. The minimum Gasteiger partial charge on any atom is -0.428 e. The van der Waals surface area contributed by atoms with E-state index in [1.165, 1.54) is 13.8 Å². The Morgan fingerprint density at radius 2 is 1.25 bits per heavy atom. The second-order valence-corrected chi connectivity index (χ2v) is 2.35. The normalized spacial score (nSPS) is 26.8. The lowest BCUT2D eigenvalue weighted by atomic mass is 10.4. The Kier molecular flexibility index (Phi) is 2.28. The molecule has 0 saturated carbocycles. The van der Waals surface area contributed by atoms with Gasteiger partial charge in [0.2, 0.25) is 0 Å². The van der Waals surface area contributed by atoms with Crippen LogP contribution in [0.5, 0.6) is 0 Å². The van der Waals surface area contributed by atoms with Crippen LogP contribution in [0.15, 0.2) is 23.7 Å². The molecule has 0 saturated heterocycles. The molecule has 0 spiro atoms. The maximum Gasteiger partial charge on any atom is 0.339 e. The first-order valence-electron chi connectivity index (χ1n) is 3.38. The number of carbonyl (C=O) groups excluding carboxylic acids is 2. The topological polar surface area (TPSA) is 52.6 Å². The maximum atomic E-state index is 10.8. The van der Waals surface area contributed by atoms with E-state index in [-0.39, 0.29) is 11.5 Å². The molecule has 1 aliphatic heterocycles. The average molecular weight is 168 g/mol. The van der Waals surface area contributed by atoms with Gasteiger partial charge in [-0.25, -0.2) is 9.59 Å². The molecule has 4 nitrogen and oxygen atoms in total. The highest BCUT2D eigenvalue weighted by molar-refractivity contribution is 5.88. The van der Waals surface area contributed by atoms with Crippen LogP contribution in [-0.2, 0) is 19.1 Å². The molecule has 64 valence electrons. The molecule has 1 heterocycles. The van der Waals surface area contributed by atoms with E-state index in [0.29, 0.717) is 0 Å². The summed E-state index contributed by atoms with van der Waals surface area (Å²) in [6.07, 6.45) is 2.24. The van der Waals surface area contributed by atoms with Gasteiger partial charge in [0, 0.05) is 0 Å². The van der Waals surface area contributed by atoms with E-state index in [2.05, 4.69) is 9.47 Å². The Morgan fingerprint density at radius 3 is 1.58 bits per heavy atom. The van der Waals surface area contributed by atoms with Crippen LogP contribution >= 0.6 is 0 Å². The molecular formula is C8H8O4. The summed E-state index contributed by atoms with van der Waals surface area (Å²) in [4.78, 5) is 21.7. The average Bonchev–Trinajstić information content (AvgIpc) is 1.81. The van der Waals surface area contributed by atoms with Crippen molar-refractivity contribution in [2.24, 2.45) is 0 Å². The van der Waals surface area contributed by atoms with Crippen LogP contribution in [0.2, 0.25) is 0 Å². The van der Waals surface area contributed by atoms with Crippen molar-refractivity contribution in [2.75, 3.05) is 0 Å². The predicted molar refractivity (Wildman–Crippen MR) is 39.7 cm³/mol. The van der Waals surface area contributed by atoms with Crippen molar-refractivity contribution in [2.45, 2.75) is 13.8 Å². The summed E-state index contributed by atoms with van der Waals surface area (Å²) in [6, 6.07) is 0. The Bertz CT molecular complexity index is 255. The highest BCUT2D eigenvalue weighted by Gasteiger charge is 2.10. The molecule has 0 unspecified atom stereocenters. The monoisotopic (exact) mass is 168 g/mol. The van der Waals surface area contributed by atoms with Crippen molar-refractivity contribution in [3.05, 3.63) is 23.7 Å². The molecule has 1 aliphatic rings. The van der Waals surface area contributed by atoms with Gasteiger partial charge in [-0.2, -0.15) is 0 Å². The summed E-state index contributed by atoms with van der Waals surface area (Å²) in [6.45, 7) is 3.02. The molecule has 0 amide bonds. The van der Waals surface area contributed by atoms with Gasteiger partial charge in [-0.1, -0.05) is 0 Å². The van der Waals surface area contributed by atoms with Gasteiger partial charge in [0.05, 0.1) is 12.2 Å². The first-order chi connectivity index (χ1) is 5.58. The van der Waals surface area contributed by atoms with E-state index < -0.39 is 11.9 Å². The van der Waals surface area contributed by atoms with Crippen LogP contribution < -0.4 is 0 Å². The second-order valence-electron chi connectivity index (χ2n) is 2.35. The van der Waals surface area contributed by atoms with Crippen molar-refractivity contribution in [1.29, 1.82) is 0 Å². The highest BCUT2D eigenvalue weighted by atomic mass is 16.6. The number of cyclic esters (lactones) is 2. The van der Waals surface area contributed by atoms with Gasteiger partial charge in [0.15, 0.2) is 0 Å². The summed E-state index contributed by atoms with van der Waals surface area (Å²) in [5, 5.41) is 0. The number of ether oxygens (including phenoxy) is 2. The quantitative estimate of drug-likeness (QED) is 0.504.